The van der Waals surface area contributed by atoms with Crippen LogP contribution >= 0.6 is 15.9 Å². The number of fused-ring (bicyclic) bond motifs is 1. The molecule has 0 spiro atoms. The van der Waals surface area contributed by atoms with Crippen molar-refractivity contribution in [1.29, 1.82) is 0 Å². The first-order valence-corrected chi connectivity index (χ1v) is 11.9. The van der Waals surface area contributed by atoms with Crippen LogP contribution in [0.15, 0.2) is 71.2 Å². The van der Waals surface area contributed by atoms with Crippen molar-refractivity contribution in [3.05, 3.63) is 105 Å². The molecule has 0 aromatic heterocycles. The molecule has 1 aliphatic heterocycles. The highest BCUT2D eigenvalue weighted by atomic mass is 79.9. The molecule has 0 saturated heterocycles. The third kappa shape index (κ3) is 5.59. The molecule has 8 heteroatoms. The number of carboxylic acid groups (broad SMARTS) is 1. The van der Waals surface area contributed by atoms with Gasteiger partial charge in [0.15, 0.2) is 0 Å². The van der Waals surface area contributed by atoms with Crippen molar-refractivity contribution in [3.8, 4) is 0 Å². The van der Waals surface area contributed by atoms with Crippen LogP contribution in [0.1, 0.15) is 32.6 Å². The largest absolute Gasteiger partial charge is 0.480 e. The Balaban J connectivity index is 1.69. The number of aliphatic carboxylic acids is 1. The summed E-state index contributed by atoms with van der Waals surface area (Å²) >= 11 is 3.20. The normalized spacial score (nSPS) is 14.8. The highest BCUT2D eigenvalue weighted by molar-refractivity contribution is 9.10. The van der Waals surface area contributed by atoms with Crippen molar-refractivity contribution in [1.82, 2.24) is 9.80 Å². The van der Waals surface area contributed by atoms with Crippen molar-refractivity contribution in [2.24, 2.45) is 0 Å². The second kappa shape index (κ2) is 10.4. The van der Waals surface area contributed by atoms with E-state index in [1.54, 1.807) is 18.2 Å². The van der Waals surface area contributed by atoms with Gasteiger partial charge < -0.3 is 14.9 Å². The average molecular weight is 539 g/mol. The summed E-state index contributed by atoms with van der Waals surface area (Å²) in [6.07, 6.45) is 0.242. The van der Waals surface area contributed by atoms with E-state index in [0.717, 1.165) is 21.6 Å². The van der Waals surface area contributed by atoms with Gasteiger partial charge in [0.2, 0.25) is 5.91 Å². The molecular weight excluding hydrogens is 515 g/mol. The molecule has 4 rings (SSSR count). The van der Waals surface area contributed by atoms with Gasteiger partial charge in [-0.25, -0.2) is 4.39 Å². The van der Waals surface area contributed by atoms with Gasteiger partial charge in [-0.15, -0.1) is 0 Å². The minimum atomic E-state index is -1.22. The number of rotatable bonds is 6. The molecule has 1 atom stereocenters. The van der Waals surface area contributed by atoms with Crippen LogP contribution in [-0.2, 0) is 29.1 Å². The number of amides is 2. The molecule has 0 fully saturated rings. The van der Waals surface area contributed by atoms with Crippen LogP contribution in [0.5, 0.6) is 0 Å². The zero-order valence-corrected chi connectivity index (χ0v) is 20.7. The maximum atomic E-state index is 14.5. The van der Waals surface area contributed by atoms with E-state index in [1.165, 1.54) is 17.0 Å². The van der Waals surface area contributed by atoms with Crippen molar-refractivity contribution in [2.45, 2.75) is 32.5 Å². The molecule has 3 aromatic rings. The Bertz CT molecular complexity index is 1280. The lowest BCUT2D eigenvalue weighted by molar-refractivity contribution is -0.147. The summed E-state index contributed by atoms with van der Waals surface area (Å²) in [5.41, 5.74) is 3.49. The molecule has 180 valence electrons. The number of hydrogen-bond acceptors (Lipinski definition) is 3. The molecular formula is C27H24BrFN2O4. The summed E-state index contributed by atoms with van der Waals surface area (Å²) in [5, 5.41) is 9.48. The van der Waals surface area contributed by atoms with E-state index >= 15 is 0 Å². The number of carbonyl (C=O) groups excluding carboxylic acids is 2. The van der Waals surface area contributed by atoms with Crippen LogP contribution in [0.3, 0.4) is 0 Å². The number of nitrogens with zero attached hydrogens (tertiary/aromatic N) is 2. The van der Waals surface area contributed by atoms with E-state index < -0.39 is 30.3 Å². The van der Waals surface area contributed by atoms with E-state index in [1.807, 2.05) is 43.3 Å². The monoisotopic (exact) mass is 538 g/mol. The molecule has 1 N–H and O–H groups in total. The van der Waals surface area contributed by atoms with Gasteiger partial charge in [0.1, 0.15) is 18.4 Å². The van der Waals surface area contributed by atoms with Crippen molar-refractivity contribution >= 4 is 33.7 Å². The first-order valence-electron chi connectivity index (χ1n) is 11.1. The lowest BCUT2D eigenvalue weighted by Crippen LogP contribution is -2.54. The molecule has 6 nitrogen and oxygen atoms in total. The van der Waals surface area contributed by atoms with Crippen LogP contribution in [0.4, 0.5) is 4.39 Å². The van der Waals surface area contributed by atoms with Crippen LogP contribution in [0.2, 0.25) is 0 Å². The fraction of sp³-hybridized carbons (Fsp3) is 0.222. The highest BCUT2D eigenvalue weighted by Gasteiger charge is 2.38. The second-order valence-electron chi connectivity index (χ2n) is 8.61. The molecule has 0 aliphatic carbocycles. The lowest BCUT2D eigenvalue weighted by Gasteiger charge is -2.38. The molecule has 1 heterocycles. The van der Waals surface area contributed by atoms with Crippen LogP contribution < -0.4 is 0 Å². The number of benzene rings is 3. The predicted octanol–water partition coefficient (Wildman–Crippen LogP) is 4.58. The van der Waals surface area contributed by atoms with Crippen molar-refractivity contribution in [3.63, 3.8) is 0 Å². The minimum absolute atomic E-state index is 0.190. The van der Waals surface area contributed by atoms with E-state index in [0.29, 0.717) is 10.0 Å². The quantitative estimate of drug-likeness (QED) is 0.498. The van der Waals surface area contributed by atoms with Crippen LogP contribution in [-0.4, -0.2) is 45.3 Å². The average Bonchev–Trinajstić information content (AvgIpc) is 2.83. The molecule has 0 radical (unpaired) electrons. The Kier molecular flexibility index (Phi) is 7.31. The molecule has 2 amide bonds. The first-order chi connectivity index (χ1) is 16.7. The van der Waals surface area contributed by atoms with Gasteiger partial charge in [0, 0.05) is 35.1 Å². The zero-order chi connectivity index (χ0) is 25.1. The van der Waals surface area contributed by atoms with Gasteiger partial charge >= 0.3 is 5.97 Å². The number of carbonyl (C=O) groups is 3. The Morgan fingerprint density at radius 1 is 1.06 bits per heavy atom. The maximum absolute atomic E-state index is 14.5. The number of halogens is 2. The minimum Gasteiger partial charge on any atom is -0.480 e. The maximum Gasteiger partial charge on any atom is 0.323 e. The zero-order valence-electron chi connectivity index (χ0n) is 19.1. The van der Waals surface area contributed by atoms with Crippen LogP contribution in [0, 0.1) is 12.7 Å². The lowest BCUT2D eigenvalue weighted by atomic mass is 9.92. The van der Waals surface area contributed by atoms with Gasteiger partial charge in [-0.2, -0.15) is 0 Å². The van der Waals surface area contributed by atoms with Gasteiger partial charge in [-0.1, -0.05) is 64.0 Å². The van der Waals surface area contributed by atoms with Gasteiger partial charge in [-0.3, -0.25) is 14.4 Å². The molecule has 3 aromatic carbocycles. The van der Waals surface area contributed by atoms with E-state index in [2.05, 4.69) is 15.9 Å². The topological polar surface area (TPSA) is 77.9 Å². The molecule has 0 saturated carbocycles. The number of aryl methyl sites for hydroxylation is 1. The Labute approximate surface area is 211 Å². The molecule has 35 heavy (non-hydrogen) atoms. The summed E-state index contributed by atoms with van der Waals surface area (Å²) in [7, 11) is 0. The summed E-state index contributed by atoms with van der Waals surface area (Å²) in [5.74, 6) is -2.62. The fourth-order valence-corrected chi connectivity index (χ4v) is 4.59. The van der Waals surface area contributed by atoms with Gasteiger partial charge in [0.25, 0.3) is 5.91 Å². The van der Waals surface area contributed by atoms with E-state index in [4.69, 9.17) is 0 Å². The van der Waals surface area contributed by atoms with Gasteiger partial charge in [0.05, 0.1) is 0 Å². The van der Waals surface area contributed by atoms with Crippen LogP contribution in [0.25, 0.3) is 0 Å². The van der Waals surface area contributed by atoms with Gasteiger partial charge in [-0.05, 0) is 42.3 Å². The third-order valence-electron chi connectivity index (χ3n) is 6.11. The summed E-state index contributed by atoms with van der Waals surface area (Å²) in [6, 6.07) is 18.1. The standard InChI is InChI=1S/C27H24BrFN2O4/c1-17-6-8-18(9-7-17)26(34)31-15-20-5-3-2-4-19(20)12-24(31)27(35)30(16-25(32)33)14-21-10-11-22(28)13-23(21)29/h2-11,13,24H,12,14-16H2,1H3,(H,32,33)/t24-/m1/s1. The Hall–Kier alpha value is -3.52. The van der Waals surface area contributed by atoms with E-state index in [-0.39, 0.29) is 31.0 Å². The first kappa shape index (κ1) is 24.6. The van der Waals surface area contributed by atoms with Crippen molar-refractivity contribution < 1.29 is 23.9 Å². The molecule has 0 bridgehead atoms. The molecule has 1 aliphatic rings. The summed E-state index contributed by atoms with van der Waals surface area (Å²) < 4.78 is 15.1. The second-order valence-corrected chi connectivity index (χ2v) is 9.53. The molecule has 0 unspecified atom stereocenters. The summed E-state index contributed by atoms with van der Waals surface area (Å²) in [6.45, 7) is 1.30. The van der Waals surface area contributed by atoms with E-state index in [9.17, 15) is 23.9 Å². The SMILES string of the molecule is Cc1ccc(C(=O)N2Cc3ccccc3C[C@@H]2C(=O)N(CC(=O)O)Cc2ccc(Br)cc2F)cc1. The fourth-order valence-electron chi connectivity index (χ4n) is 4.26. The Morgan fingerprint density at radius 2 is 1.74 bits per heavy atom. The summed E-state index contributed by atoms with van der Waals surface area (Å²) in [4.78, 5) is 41.5. The Morgan fingerprint density at radius 3 is 2.40 bits per heavy atom. The predicted molar refractivity (Wildman–Crippen MR) is 132 cm³/mol. The number of hydrogen-bond donors (Lipinski definition) is 1. The number of carboxylic acids is 1. The smallest absolute Gasteiger partial charge is 0.323 e. The highest BCUT2D eigenvalue weighted by Crippen LogP contribution is 2.27. The third-order valence-corrected chi connectivity index (χ3v) is 6.60. The van der Waals surface area contributed by atoms with Crippen molar-refractivity contribution in [2.75, 3.05) is 6.54 Å².